The Kier molecular flexibility index (Phi) is 3.74. The number of hydrogen-bond acceptors (Lipinski definition) is 3. The van der Waals surface area contributed by atoms with Crippen LogP contribution in [0.2, 0.25) is 0 Å². The van der Waals surface area contributed by atoms with Gasteiger partial charge in [-0.25, -0.2) is 4.79 Å². The number of rotatable bonds is 4. The van der Waals surface area contributed by atoms with Crippen molar-refractivity contribution >= 4 is 17.3 Å². The lowest BCUT2D eigenvalue weighted by atomic mass is 10.2. The quantitative estimate of drug-likeness (QED) is 0.737. The van der Waals surface area contributed by atoms with Gasteiger partial charge in [-0.1, -0.05) is 6.07 Å². The van der Waals surface area contributed by atoms with Crippen LogP contribution in [0.4, 0.5) is 11.4 Å². The Morgan fingerprint density at radius 3 is 2.80 bits per heavy atom. The van der Waals surface area contributed by atoms with E-state index < -0.39 is 5.97 Å². The Morgan fingerprint density at radius 1 is 1.47 bits per heavy atom. The van der Waals surface area contributed by atoms with E-state index in [1.807, 2.05) is 43.3 Å². The zero-order valence-electron chi connectivity index (χ0n) is 8.77. The zero-order chi connectivity index (χ0) is 11.3. The van der Waals surface area contributed by atoms with E-state index >= 15 is 0 Å². The molecule has 80 valence electrons. The molecule has 0 bridgehead atoms. The number of hydrogen-bond donors (Lipinski definition) is 2. The van der Waals surface area contributed by atoms with Crippen LogP contribution in [0.5, 0.6) is 0 Å². The van der Waals surface area contributed by atoms with Gasteiger partial charge in [0.25, 0.3) is 0 Å². The van der Waals surface area contributed by atoms with Crippen molar-refractivity contribution in [3.8, 4) is 0 Å². The summed E-state index contributed by atoms with van der Waals surface area (Å²) in [4.78, 5) is 12.2. The lowest BCUT2D eigenvalue weighted by Crippen LogP contribution is -2.08. The summed E-state index contributed by atoms with van der Waals surface area (Å²) >= 11 is 0. The molecule has 0 amide bonds. The fourth-order valence-electron chi connectivity index (χ4n) is 1.08. The molecular weight excluding hydrogens is 192 g/mol. The molecule has 0 spiro atoms. The lowest BCUT2D eigenvalue weighted by molar-refractivity contribution is -0.131. The van der Waals surface area contributed by atoms with Crippen molar-refractivity contribution in [2.45, 2.75) is 0 Å². The van der Waals surface area contributed by atoms with Crippen molar-refractivity contribution < 1.29 is 9.90 Å². The van der Waals surface area contributed by atoms with E-state index in [0.717, 1.165) is 17.5 Å². The summed E-state index contributed by atoms with van der Waals surface area (Å²) in [5, 5.41) is 11.3. The minimum Gasteiger partial charge on any atom is -0.478 e. The average molecular weight is 206 g/mol. The zero-order valence-corrected chi connectivity index (χ0v) is 8.77. The molecule has 0 saturated carbocycles. The maximum atomic E-state index is 10.2. The van der Waals surface area contributed by atoms with Gasteiger partial charge < -0.3 is 15.3 Å². The highest BCUT2D eigenvalue weighted by atomic mass is 16.4. The largest absolute Gasteiger partial charge is 0.478 e. The summed E-state index contributed by atoms with van der Waals surface area (Å²) in [7, 11) is 3.90. The van der Waals surface area contributed by atoms with E-state index in [1.165, 1.54) is 6.20 Å². The third-order valence-corrected chi connectivity index (χ3v) is 1.84. The number of carbonyl (C=O) groups is 1. The van der Waals surface area contributed by atoms with Gasteiger partial charge >= 0.3 is 5.97 Å². The predicted octanol–water partition coefficient (Wildman–Crippen LogP) is 1.76. The second-order valence-electron chi connectivity index (χ2n) is 3.26. The standard InChI is InChI=1S/C11H14N2O2/c1-13(2)10-5-3-4-9(8-10)12-7-6-11(14)15/h3-8,12H,1-2H3,(H,14,15)/b7-6+. The van der Waals surface area contributed by atoms with Crippen LogP contribution in [0.25, 0.3) is 0 Å². The molecule has 0 atom stereocenters. The van der Waals surface area contributed by atoms with E-state index in [-0.39, 0.29) is 0 Å². The second kappa shape index (κ2) is 5.05. The van der Waals surface area contributed by atoms with Gasteiger partial charge in [-0.2, -0.15) is 0 Å². The number of nitrogens with one attached hydrogen (secondary N) is 1. The van der Waals surface area contributed by atoms with Gasteiger partial charge in [-0.05, 0) is 18.2 Å². The van der Waals surface area contributed by atoms with E-state index in [4.69, 9.17) is 5.11 Å². The summed E-state index contributed by atoms with van der Waals surface area (Å²) < 4.78 is 0. The van der Waals surface area contributed by atoms with Gasteiger partial charge in [-0.3, -0.25) is 0 Å². The van der Waals surface area contributed by atoms with Crippen LogP contribution >= 0.6 is 0 Å². The topological polar surface area (TPSA) is 52.6 Å². The molecule has 2 N–H and O–H groups in total. The highest BCUT2D eigenvalue weighted by Gasteiger charge is 1.95. The minimum atomic E-state index is -0.966. The Hall–Kier alpha value is -1.97. The Labute approximate surface area is 88.8 Å². The molecule has 0 heterocycles. The van der Waals surface area contributed by atoms with E-state index in [1.54, 1.807) is 0 Å². The summed E-state index contributed by atoms with van der Waals surface area (Å²) in [6.45, 7) is 0. The molecule has 0 aliphatic heterocycles. The normalized spacial score (nSPS) is 10.3. The monoisotopic (exact) mass is 206 g/mol. The van der Waals surface area contributed by atoms with E-state index in [2.05, 4.69) is 5.32 Å². The predicted molar refractivity (Wildman–Crippen MR) is 61.2 cm³/mol. The van der Waals surface area contributed by atoms with Crippen molar-refractivity contribution in [1.29, 1.82) is 0 Å². The summed E-state index contributed by atoms with van der Waals surface area (Å²) in [6.07, 6.45) is 2.46. The molecule has 1 rings (SSSR count). The molecule has 0 saturated heterocycles. The average Bonchev–Trinajstić information content (AvgIpc) is 2.17. The molecule has 1 aromatic rings. The van der Waals surface area contributed by atoms with Crippen LogP contribution in [-0.4, -0.2) is 25.2 Å². The molecule has 4 nitrogen and oxygen atoms in total. The van der Waals surface area contributed by atoms with Crippen molar-refractivity contribution in [2.24, 2.45) is 0 Å². The lowest BCUT2D eigenvalue weighted by Gasteiger charge is -2.13. The SMILES string of the molecule is CN(C)c1cccc(N/C=C/C(=O)O)c1. The Balaban J connectivity index is 2.70. The first-order chi connectivity index (χ1) is 7.09. The molecule has 4 heteroatoms. The number of carboxylic acids is 1. The van der Waals surface area contributed by atoms with Gasteiger partial charge in [0.1, 0.15) is 0 Å². The third-order valence-electron chi connectivity index (χ3n) is 1.84. The number of nitrogens with zero attached hydrogens (tertiary/aromatic N) is 1. The van der Waals surface area contributed by atoms with E-state index in [9.17, 15) is 4.79 Å². The van der Waals surface area contributed by atoms with Gasteiger partial charge in [0.15, 0.2) is 0 Å². The fraction of sp³-hybridized carbons (Fsp3) is 0.182. The number of anilines is 2. The number of benzene rings is 1. The molecule has 1 aromatic carbocycles. The van der Waals surface area contributed by atoms with E-state index in [0.29, 0.717) is 0 Å². The summed E-state index contributed by atoms with van der Waals surface area (Å²) in [5.74, 6) is -0.966. The highest BCUT2D eigenvalue weighted by molar-refractivity contribution is 5.80. The van der Waals surface area contributed by atoms with Crippen LogP contribution < -0.4 is 10.2 Å². The summed E-state index contributed by atoms with van der Waals surface area (Å²) in [6, 6.07) is 7.70. The van der Waals surface area contributed by atoms with Crippen LogP contribution in [0.1, 0.15) is 0 Å². The Morgan fingerprint density at radius 2 is 2.20 bits per heavy atom. The number of carboxylic acid groups (broad SMARTS) is 1. The van der Waals surface area contributed by atoms with Gasteiger partial charge in [0.2, 0.25) is 0 Å². The number of aliphatic carboxylic acids is 1. The smallest absolute Gasteiger partial charge is 0.329 e. The molecule has 0 aliphatic carbocycles. The first-order valence-corrected chi connectivity index (χ1v) is 4.53. The van der Waals surface area contributed by atoms with Crippen LogP contribution in [0.3, 0.4) is 0 Å². The van der Waals surface area contributed by atoms with Crippen molar-refractivity contribution in [3.63, 3.8) is 0 Å². The molecule has 0 unspecified atom stereocenters. The van der Waals surface area contributed by atoms with Crippen LogP contribution in [-0.2, 0) is 4.79 Å². The molecule has 0 aliphatic rings. The van der Waals surface area contributed by atoms with Crippen LogP contribution in [0.15, 0.2) is 36.5 Å². The van der Waals surface area contributed by atoms with Gasteiger partial charge in [-0.15, -0.1) is 0 Å². The maximum absolute atomic E-state index is 10.2. The maximum Gasteiger partial charge on any atom is 0.329 e. The first kappa shape index (κ1) is 11.1. The molecule has 0 aromatic heterocycles. The van der Waals surface area contributed by atoms with Crippen molar-refractivity contribution in [3.05, 3.63) is 36.5 Å². The minimum absolute atomic E-state index is 0.860. The fourth-order valence-corrected chi connectivity index (χ4v) is 1.08. The van der Waals surface area contributed by atoms with Gasteiger partial charge in [0.05, 0.1) is 0 Å². The second-order valence-corrected chi connectivity index (χ2v) is 3.26. The molecule has 0 fully saturated rings. The molecular formula is C11H14N2O2. The third kappa shape index (κ3) is 3.72. The van der Waals surface area contributed by atoms with Gasteiger partial charge in [0, 0.05) is 37.7 Å². The molecule has 0 radical (unpaired) electrons. The van der Waals surface area contributed by atoms with Crippen LogP contribution in [0, 0.1) is 0 Å². The summed E-state index contributed by atoms with van der Waals surface area (Å²) in [5.41, 5.74) is 1.92. The Bertz CT molecular complexity index is 373. The highest BCUT2D eigenvalue weighted by Crippen LogP contribution is 2.16. The van der Waals surface area contributed by atoms with Crippen molar-refractivity contribution in [2.75, 3.05) is 24.3 Å². The first-order valence-electron chi connectivity index (χ1n) is 4.53. The molecule has 15 heavy (non-hydrogen) atoms. The van der Waals surface area contributed by atoms with Crippen molar-refractivity contribution in [1.82, 2.24) is 0 Å².